The van der Waals surface area contributed by atoms with Crippen LogP contribution in [0, 0.1) is 0 Å². The molecule has 1 heterocycles. The van der Waals surface area contributed by atoms with Crippen molar-refractivity contribution in [2.45, 2.75) is 18.9 Å². The molecule has 1 atom stereocenters. The number of hydrogen-bond acceptors (Lipinski definition) is 1. The second-order valence-corrected chi connectivity index (χ2v) is 4.39. The van der Waals surface area contributed by atoms with Crippen LogP contribution in [-0.4, -0.2) is 6.61 Å². The minimum atomic E-state index is -0.0377. The number of fused-ring (bicyclic) bond motifs is 1. The van der Waals surface area contributed by atoms with E-state index in [1.165, 1.54) is 16.3 Å². The molecular formula is C14H14O. The summed E-state index contributed by atoms with van der Waals surface area (Å²) in [4.78, 5) is 0. The van der Waals surface area contributed by atoms with Gasteiger partial charge in [0.1, 0.15) is 0 Å². The summed E-state index contributed by atoms with van der Waals surface area (Å²) < 4.78 is 5.65. The zero-order chi connectivity index (χ0) is 10.3. The Balaban J connectivity index is 2.14. The summed E-state index contributed by atoms with van der Waals surface area (Å²) in [5, 5.41) is 2.59. The Morgan fingerprint density at radius 3 is 2.47 bits per heavy atom. The van der Waals surface area contributed by atoms with Gasteiger partial charge in [-0.15, -0.1) is 0 Å². The minimum absolute atomic E-state index is 0.0377. The summed E-state index contributed by atoms with van der Waals surface area (Å²) in [5.41, 5.74) is 1.26. The van der Waals surface area contributed by atoms with E-state index >= 15 is 0 Å². The van der Waals surface area contributed by atoms with E-state index in [-0.39, 0.29) is 5.60 Å². The van der Waals surface area contributed by atoms with E-state index in [1.54, 1.807) is 0 Å². The van der Waals surface area contributed by atoms with E-state index in [0.29, 0.717) is 0 Å². The Bertz CT molecular complexity index is 497. The molecule has 0 unspecified atom stereocenters. The van der Waals surface area contributed by atoms with E-state index in [4.69, 9.17) is 4.74 Å². The summed E-state index contributed by atoms with van der Waals surface area (Å²) in [6, 6.07) is 15.1. The average Bonchev–Trinajstić information content (AvgIpc) is 2.25. The normalized spacial score (nSPS) is 25.1. The lowest BCUT2D eigenvalue weighted by molar-refractivity contribution is -0.140. The van der Waals surface area contributed by atoms with Gasteiger partial charge in [0.15, 0.2) is 0 Å². The maximum absolute atomic E-state index is 5.65. The van der Waals surface area contributed by atoms with Crippen molar-refractivity contribution in [3.63, 3.8) is 0 Å². The Morgan fingerprint density at radius 1 is 1.07 bits per heavy atom. The SMILES string of the molecule is C[C@@]1(c2ccc3ccccc3c2)CCO1. The fraction of sp³-hybridized carbons (Fsp3) is 0.286. The van der Waals surface area contributed by atoms with Gasteiger partial charge in [0, 0.05) is 6.42 Å². The van der Waals surface area contributed by atoms with Crippen LogP contribution in [-0.2, 0) is 10.3 Å². The highest BCUT2D eigenvalue weighted by molar-refractivity contribution is 5.83. The molecule has 0 saturated carbocycles. The first-order valence-corrected chi connectivity index (χ1v) is 5.41. The summed E-state index contributed by atoms with van der Waals surface area (Å²) >= 11 is 0. The lowest BCUT2D eigenvalue weighted by Crippen LogP contribution is -2.37. The topological polar surface area (TPSA) is 9.23 Å². The van der Waals surface area contributed by atoms with Gasteiger partial charge in [-0.2, -0.15) is 0 Å². The van der Waals surface area contributed by atoms with Gasteiger partial charge in [0.2, 0.25) is 0 Å². The average molecular weight is 198 g/mol. The quantitative estimate of drug-likeness (QED) is 0.681. The van der Waals surface area contributed by atoms with Gasteiger partial charge in [-0.25, -0.2) is 0 Å². The van der Waals surface area contributed by atoms with Crippen molar-refractivity contribution in [2.75, 3.05) is 6.61 Å². The Labute approximate surface area is 89.7 Å². The third-order valence-electron chi connectivity index (χ3n) is 3.36. The lowest BCUT2D eigenvalue weighted by Gasteiger charge is -2.39. The van der Waals surface area contributed by atoms with Crippen LogP contribution < -0.4 is 0 Å². The lowest BCUT2D eigenvalue weighted by atomic mass is 9.87. The van der Waals surface area contributed by atoms with Gasteiger partial charge < -0.3 is 4.74 Å². The number of benzene rings is 2. The zero-order valence-electron chi connectivity index (χ0n) is 8.86. The fourth-order valence-corrected chi connectivity index (χ4v) is 2.15. The molecule has 1 saturated heterocycles. The Hall–Kier alpha value is -1.34. The third-order valence-corrected chi connectivity index (χ3v) is 3.36. The van der Waals surface area contributed by atoms with Crippen molar-refractivity contribution in [1.82, 2.24) is 0 Å². The van der Waals surface area contributed by atoms with Crippen LogP contribution in [0.3, 0.4) is 0 Å². The standard InChI is InChI=1S/C14H14O/c1-14(8-9-15-14)13-7-6-11-4-2-3-5-12(11)10-13/h2-7,10H,8-9H2,1H3/t14-/m0/s1. The summed E-state index contributed by atoms with van der Waals surface area (Å²) in [7, 11) is 0. The molecule has 76 valence electrons. The summed E-state index contributed by atoms with van der Waals surface area (Å²) in [5.74, 6) is 0. The summed E-state index contributed by atoms with van der Waals surface area (Å²) in [6.07, 6.45) is 1.13. The molecule has 1 aliphatic heterocycles. The minimum Gasteiger partial charge on any atom is -0.370 e. The predicted molar refractivity (Wildman–Crippen MR) is 61.9 cm³/mol. The highest BCUT2D eigenvalue weighted by atomic mass is 16.5. The summed E-state index contributed by atoms with van der Waals surface area (Å²) in [6.45, 7) is 3.06. The van der Waals surface area contributed by atoms with Crippen molar-refractivity contribution in [1.29, 1.82) is 0 Å². The first kappa shape index (κ1) is 8.93. The molecule has 1 aliphatic rings. The van der Waals surface area contributed by atoms with Crippen LogP contribution in [0.2, 0.25) is 0 Å². The molecule has 2 aromatic carbocycles. The van der Waals surface area contributed by atoms with Gasteiger partial charge in [-0.1, -0.05) is 36.4 Å². The van der Waals surface area contributed by atoms with Crippen LogP contribution >= 0.6 is 0 Å². The first-order valence-electron chi connectivity index (χ1n) is 5.41. The van der Waals surface area contributed by atoms with Crippen LogP contribution in [0.5, 0.6) is 0 Å². The molecule has 0 radical (unpaired) electrons. The molecule has 0 aliphatic carbocycles. The van der Waals surface area contributed by atoms with E-state index in [9.17, 15) is 0 Å². The first-order chi connectivity index (χ1) is 7.28. The number of rotatable bonds is 1. The second-order valence-electron chi connectivity index (χ2n) is 4.39. The molecule has 0 aromatic heterocycles. The number of hydrogen-bond donors (Lipinski definition) is 0. The van der Waals surface area contributed by atoms with Crippen molar-refractivity contribution >= 4 is 10.8 Å². The van der Waals surface area contributed by atoms with Crippen LogP contribution in [0.1, 0.15) is 18.9 Å². The van der Waals surface area contributed by atoms with Gasteiger partial charge in [-0.05, 0) is 29.3 Å². The molecule has 15 heavy (non-hydrogen) atoms. The fourth-order valence-electron chi connectivity index (χ4n) is 2.15. The van der Waals surface area contributed by atoms with Crippen molar-refractivity contribution in [3.05, 3.63) is 48.0 Å². The van der Waals surface area contributed by atoms with Crippen LogP contribution in [0.25, 0.3) is 10.8 Å². The molecule has 0 bridgehead atoms. The van der Waals surface area contributed by atoms with E-state index < -0.39 is 0 Å². The monoisotopic (exact) mass is 198 g/mol. The van der Waals surface area contributed by atoms with E-state index in [2.05, 4.69) is 49.4 Å². The highest BCUT2D eigenvalue weighted by Gasteiger charge is 2.34. The molecule has 1 fully saturated rings. The Kier molecular flexibility index (Phi) is 1.83. The molecule has 0 spiro atoms. The number of ether oxygens (including phenoxy) is 1. The van der Waals surface area contributed by atoms with Crippen molar-refractivity contribution in [3.8, 4) is 0 Å². The highest BCUT2D eigenvalue weighted by Crippen LogP contribution is 2.37. The molecular weight excluding hydrogens is 184 g/mol. The maximum Gasteiger partial charge on any atom is 0.0925 e. The van der Waals surface area contributed by atoms with Crippen molar-refractivity contribution in [2.24, 2.45) is 0 Å². The molecule has 1 heteroatoms. The van der Waals surface area contributed by atoms with Crippen molar-refractivity contribution < 1.29 is 4.74 Å². The van der Waals surface area contributed by atoms with E-state index in [1.807, 2.05) is 0 Å². The second kappa shape index (κ2) is 3.07. The third kappa shape index (κ3) is 1.35. The predicted octanol–water partition coefficient (Wildman–Crippen LogP) is 3.48. The molecule has 0 N–H and O–H groups in total. The van der Waals surface area contributed by atoms with Gasteiger partial charge >= 0.3 is 0 Å². The maximum atomic E-state index is 5.65. The van der Waals surface area contributed by atoms with Gasteiger partial charge in [-0.3, -0.25) is 0 Å². The van der Waals surface area contributed by atoms with Crippen LogP contribution in [0.4, 0.5) is 0 Å². The van der Waals surface area contributed by atoms with Gasteiger partial charge in [0.25, 0.3) is 0 Å². The smallest absolute Gasteiger partial charge is 0.0925 e. The molecule has 0 amide bonds. The zero-order valence-corrected chi connectivity index (χ0v) is 8.86. The Morgan fingerprint density at radius 2 is 1.80 bits per heavy atom. The molecule has 3 rings (SSSR count). The molecule has 2 aromatic rings. The molecule has 1 nitrogen and oxygen atoms in total. The van der Waals surface area contributed by atoms with E-state index in [0.717, 1.165) is 13.0 Å². The largest absolute Gasteiger partial charge is 0.370 e. The van der Waals surface area contributed by atoms with Crippen LogP contribution in [0.15, 0.2) is 42.5 Å². The van der Waals surface area contributed by atoms with Gasteiger partial charge in [0.05, 0.1) is 12.2 Å².